The van der Waals surface area contributed by atoms with E-state index in [4.69, 9.17) is 0 Å². The SMILES string of the molecule is Cc1cnc(C)c2c1C(C(F)(F)F)(C(F)(F)F)CO2. The topological polar surface area (TPSA) is 22.1 Å². The summed E-state index contributed by atoms with van der Waals surface area (Å²) in [6, 6.07) is 0. The van der Waals surface area contributed by atoms with Crippen LogP contribution >= 0.6 is 0 Å². The fourth-order valence-electron chi connectivity index (χ4n) is 2.24. The number of hydrogen-bond donors (Lipinski definition) is 0. The molecule has 0 N–H and O–H groups in total. The molecule has 0 aromatic carbocycles. The van der Waals surface area contributed by atoms with Gasteiger partial charge >= 0.3 is 12.4 Å². The van der Waals surface area contributed by atoms with E-state index in [0.29, 0.717) is 0 Å². The number of halogens is 6. The predicted molar refractivity (Wildman–Crippen MR) is 53.0 cm³/mol. The number of rotatable bonds is 0. The van der Waals surface area contributed by atoms with Gasteiger partial charge in [0, 0.05) is 11.8 Å². The van der Waals surface area contributed by atoms with Crippen LogP contribution in [0, 0.1) is 13.8 Å². The Balaban J connectivity index is 2.82. The van der Waals surface area contributed by atoms with E-state index < -0.39 is 35.7 Å². The van der Waals surface area contributed by atoms with Gasteiger partial charge in [0.1, 0.15) is 12.4 Å². The molecule has 0 saturated heterocycles. The van der Waals surface area contributed by atoms with Crippen molar-refractivity contribution in [3.05, 3.63) is 23.0 Å². The van der Waals surface area contributed by atoms with Gasteiger partial charge in [0.05, 0.1) is 5.69 Å². The first-order valence-electron chi connectivity index (χ1n) is 5.25. The third kappa shape index (κ3) is 1.68. The van der Waals surface area contributed by atoms with Crippen LogP contribution in [0.3, 0.4) is 0 Å². The molecule has 2 nitrogen and oxygen atoms in total. The van der Waals surface area contributed by atoms with Crippen molar-refractivity contribution in [3.63, 3.8) is 0 Å². The lowest BCUT2D eigenvalue weighted by atomic mass is 9.79. The molecule has 0 bridgehead atoms. The Morgan fingerprint density at radius 3 is 2.11 bits per heavy atom. The highest BCUT2D eigenvalue weighted by Crippen LogP contribution is 2.58. The van der Waals surface area contributed by atoms with Crippen LogP contribution < -0.4 is 4.74 Å². The number of hydrogen-bond acceptors (Lipinski definition) is 2. The van der Waals surface area contributed by atoms with E-state index in [-0.39, 0.29) is 11.3 Å². The van der Waals surface area contributed by atoms with Gasteiger partial charge in [-0.05, 0) is 19.4 Å². The Labute approximate surface area is 104 Å². The molecule has 1 aromatic heterocycles. The van der Waals surface area contributed by atoms with Crippen molar-refractivity contribution in [2.75, 3.05) is 6.61 Å². The first-order valence-corrected chi connectivity index (χ1v) is 5.25. The zero-order chi connectivity index (χ0) is 14.6. The third-order valence-electron chi connectivity index (χ3n) is 3.23. The maximum atomic E-state index is 13.1. The maximum absolute atomic E-state index is 13.1. The molecule has 0 saturated carbocycles. The van der Waals surface area contributed by atoms with Gasteiger partial charge in [0.25, 0.3) is 0 Å². The minimum atomic E-state index is -5.49. The van der Waals surface area contributed by atoms with Gasteiger partial charge in [-0.3, -0.25) is 4.98 Å². The van der Waals surface area contributed by atoms with Crippen LogP contribution in [0.25, 0.3) is 0 Å². The molecular weight excluding hydrogens is 276 g/mol. The van der Waals surface area contributed by atoms with E-state index in [1.54, 1.807) is 0 Å². The first kappa shape index (κ1) is 14.0. The lowest BCUT2D eigenvalue weighted by Gasteiger charge is -2.33. The smallest absolute Gasteiger partial charge is 0.410 e. The Morgan fingerprint density at radius 1 is 1.11 bits per heavy atom. The van der Waals surface area contributed by atoms with Gasteiger partial charge in [-0.15, -0.1) is 0 Å². The zero-order valence-electron chi connectivity index (χ0n) is 9.91. The zero-order valence-corrected chi connectivity index (χ0v) is 9.91. The van der Waals surface area contributed by atoms with Crippen molar-refractivity contribution < 1.29 is 31.1 Å². The van der Waals surface area contributed by atoms with Gasteiger partial charge in [-0.1, -0.05) is 0 Å². The molecule has 0 atom stereocenters. The number of alkyl halides is 6. The Hall–Kier alpha value is -1.47. The van der Waals surface area contributed by atoms with Gasteiger partial charge in [-0.2, -0.15) is 26.3 Å². The number of ether oxygens (including phenoxy) is 1. The first-order chi connectivity index (χ1) is 8.52. The molecule has 1 aliphatic rings. The molecule has 1 aromatic rings. The number of aromatic nitrogens is 1. The van der Waals surface area contributed by atoms with Crippen molar-refractivity contribution in [3.8, 4) is 5.75 Å². The van der Waals surface area contributed by atoms with Crippen LogP contribution in [-0.4, -0.2) is 23.9 Å². The maximum Gasteiger partial charge on any atom is 0.410 e. The summed E-state index contributed by atoms with van der Waals surface area (Å²) in [5.74, 6) is -0.422. The quantitative estimate of drug-likeness (QED) is 0.681. The summed E-state index contributed by atoms with van der Waals surface area (Å²) in [7, 11) is 0. The monoisotopic (exact) mass is 285 g/mol. The van der Waals surface area contributed by atoms with Crippen LogP contribution in [-0.2, 0) is 5.41 Å². The van der Waals surface area contributed by atoms with Crippen molar-refractivity contribution in [1.29, 1.82) is 0 Å². The summed E-state index contributed by atoms with van der Waals surface area (Å²) in [6.45, 7) is 0.968. The van der Waals surface area contributed by atoms with E-state index in [2.05, 4.69) is 9.72 Å². The van der Waals surface area contributed by atoms with Crippen LogP contribution in [0.5, 0.6) is 5.75 Å². The second kappa shape index (κ2) is 3.77. The van der Waals surface area contributed by atoms with Crippen molar-refractivity contribution in [2.45, 2.75) is 31.6 Å². The molecule has 19 heavy (non-hydrogen) atoms. The molecule has 2 heterocycles. The molecule has 0 aliphatic carbocycles. The summed E-state index contributed by atoms with van der Waals surface area (Å²) >= 11 is 0. The normalized spacial score (nSPS) is 18.1. The number of aryl methyl sites for hydroxylation is 2. The minimum absolute atomic E-state index is 0.0102. The minimum Gasteiger partial charge on any atom is -0.490 e. The second-order valence-corrected chi connectivity index (χ2v) is 4.42. The average Bonchev–Trinajstić information content (AvgIpc) is 2.64. The fourth-order valence-corrected chi connectivity index (χ4v) is 2.24. The van der Waals surface area contributed by atoms with Gasteiger partial charge in [0.2, 0.25) is 5.41 Å². The van der Waals surface area contributed by atoms with E-state index in [1.807, 2.05) is 0 Å². The van der Waals surface area contributed by atoms with E-state index >= 15 is 0 Å². The fraction of sp³-hybridized carbons (Fsp3) is 0.545. The van der Waals surface area contributed by atoms with E-state index in [9.17, 15) is 26.3 Å². The van der Waals surface area contributed by atoms with Gasteiger partial charge in [0.15, 0.2) is 0 Å². The van der Waals surface area contributed by atoms with Crippen molar-refractivity contribution in [2.24, 2.45) is 0 Å². The Bertz CT molecular complexity index is 505. The highest BCUT2D eigenvalue weighted by atomic mass is 19.4. The Kier molecular flexibility index (Phi) is 2.77. The molecule has 2 rings (SSSR count). The van der Waals surface area contributed by atoms with Gasteiger partial charge in [-0.25, -0.2) is 0 Å². The second-order valence-electron chi connectivity index (χ2n) is 4.42. The molecule has 106 valence electrons. The summed E-state index contributed by atoms with van der Waals surface area (Å²) in [4.78, 5) is 3.72. The predicted octanol–water partition coefficient (Wildman–Crippen LogP) is 3.45. The average molecular weight is 285 g/mol. The Morgan fingerprint density at radius 2 is 1.63 bits per heavy atom. The molecule has 0 unspecified atom stereocenters. The third-order valence-corrected chi connectivity index (χ3v) is 3.23. The van der Waals surface area contributed by atoms with Crippen LogP contribution in [0.4, 0.5) is 26.3 Å². The van der Waals surface area contributed by atoms with Crippen LogP contribution in [0.1, 0.15) is 16.8 Å². The molecule has 0 spiro atoms. The van der Waals surface area contributed by atoms with Gasteiger partial charge < -0.3 is 4.74 Å². The van der Waals surface area contributed by atoms with Crippen LogP contribution in [0.2, 0.25) is 0 Å². The highest BCUT2D eigenvalue weighted by Gasteiger charge is 2.75. The highest BCUT2D eigenvalue weighted by molar-refractivity contribution is 5.52. The van der Waals surface area contributed by atoms with Crippen LogP contribution in [0.15, 0.2) is 6.20 Å². The number of fused-ring (bicyclic) bond motifs is 1. The molecule has 0 fully saturated rings. The molecular formula is C11H9F6NO. The molecule has 0 amide bonds. The lowest BCUT2D eigenvalue weighted by Crippen LogP contribution is -2.55. The number of nitrogens with zero attached hydrogens (tertiary/aromatic N) is 1. The molecule has 0 radical (unpaired) electrons. The lowest BCUT2D eigenvalue weighted by molar-refractivity contribution is -0.303. The van der Waals surface area contributed by atoms with Crippen molar-refractivity contribution in [1.82, 2.24) is 4.98 Å². The number of pyridine rings is 1. The summed E-state index contributed by atoms with van der Waals surface area (Å²) in [5.41, 5.74) is -5.03. The van der Waals surface area contributed by atoms with E-state index in [0.717, 1.165) is 13.1 Å². The summed E-state index contributed by atoms with van der Waals surface area (Å²) in [5, 5.41) is 0. The standard InChI is InChI=1S/C11H9F6NO/c1-5-3-18-6(2)8-7(5)9(4-19-8,10(12,13)14)11(15,16)17/h3H,4H2,1-2H3. The molecule has 1 aliphatic heterocycles. The largest absolute Gasteiger partial charge is 0.490 e. The van der Waals surface area contributed by atoms with Crippen molar-refractivity contribution >= 4 is 0 Å². The summed E-state index contributed by atoms with van der Waals surface area (Å²) in [6.07, 6.45) is -9.99. The summed E-state index contributed by atoms with van der Waals surface area (Å²) < 4.78 is 83.2. The molecule has 8 heteroatoms. The van der Waals surface area contributed by atoms with E-state index in [1.165, 1.54) is 6.92 Å².